The van der Waals surface area contributed by atoms with Crippen LogP contribution >= 0.6 is 11.9 Å². The van der Waals surface area contributed by atoms with Gasteiger partial charge in [0, 0.05) is 12.5 Å². The van der Waals surface area contributed by atoms with Crippen molar-refractivity contribution in [3.8, 4) is 0 Å². The average molecular weight is 129 g/mol. The lowest BCUT2D eigenvalue weighted by Crippen LogP contribution is -2.11. The van der Waals surface area contributed by atoms with Gasteiger partial charge in [0.25, 0.3) is 0 Å². The minimum absolute atomic E-state index is 0.678. The van der Waals surface area contributed by atoms with Crippen LogP contribution < -0.4 is 0 Å². The molecule has 1 heterocycles. The molecule has 0 atom stereocenters. The van der Waals surface area contributed by atoms with E-state index in [2.05, 4.69) is 10.1 Å². The van der Waals surface area contributed by atoms with Crippen LogP contribution in [-0.2, 0) is 0 Å². The van der Waals surface area contributed by atoms with Crippen molar-refractivity contribution in [1.29, 1.82) is 0 Å². The number of rotatable bonds is 1. The van der Waals surface area contributed by atoms with E-state index in [1.807, 2.05) is 6.26 Å². The van der Waals surface area contributed by atoms with Crippen molar-refractivity contribution in [3.05, 3.63) is 0 Å². The van der Waals surface area contributed by atoms with E-state index >= 15 is 0 Å². The molecule has 0 aliphatic carbocycles. The standard InChI is InChI=1S/C4H7N3S/c1-8-7-4-5-2-3-6-7/h2-3H,4H2,1H3. The Morgan fingerprint density at radius 3 is 2.88 bits per heavy atom. The van der Waals surface area contributed by atoms with Crippen molar-refractivity contribution < 1.29 is 0 Å². The maximum atomic E-state index is 3.97. The molecule has 0 saturated heterocycles. The van der Waals surface area contributed by atoms with Crippen LogP contribution in [-0.4, -0.2) is 29.8 Å². The van der Waals surface area contributed by atoms with E-state index in [4.69, 9.17) is 0 Å². The van der Waals surface area contributed by atoms with Crippen molar-refractivity contribution >= 4 is 24.4 Å². The minimum Gasteiger partial charge on any atom is -0.267 e. The summed E-state index contributed by atoms with van der Waals surface area (Å²) in [7, 11) is 0. The molecular weight excluding hydrogens is 122 g/mol. The van der Waals surface area contributed by atoms with Crippen LogP contribution in [0.5, 0.6) is 0 Å². The molecule has 0 aromatic heterocycles. The lowest BCUT2D eigenvalue weighted by Gasteiger charge is -2.12. The summed E-state index contributed by atoms with van der Waals surface area (Å²) in [4.78, 5) is 3.96. The lowest BCUT2D eigenvalue weighted by atomic mass is 10.8. The molecule has 1 rings (SSSR count). The number of hydrazone groups is 1. The van der Waals surface area contributed by atoms with E-state index in [1.165, 1.54) is 0 Å². The van der Waals surface area contributed by atoms with Crippen LogP contribution in [0.25, 0.3) is 0 Å². The SMILES string of the molecule is CSN1CN=CC=N1. The van der Waals surface area contributed by atoms with Crippen molar-refractivity contribution in [2.45, 2.75) is 0 Å². The molecule has 8 heavy (non-hydrogen) atoms. The monoisotopic (exact) mass is 129 g/mol. The molecule has 0 bridgehead atoms. The third-order valence-corrected chi connectivity index (χ3v) is 1.41. The lowest BCUT2D eigenvalue weighted by molar-refractivity contribution is 0.522. The second-order valence-corrected chi connectivity index (χ2v) is 2.06. The number of nitrogens with zero attached hydrogens (tertiary/aromatic N) is 3. The first kappa shape index (κ1) is 5.62. The molecule has 3 nitrogen and oxygen atoms in total. The summed E-state index contributed by atoms with van der Waals surface area (Å²) >= 11 is 1.57. The quantitative estimate of drug-likeness (QED) is 0.485. The zero-order valence-corrected chi connectivity index (χ0v) is 5.43. The van der Waals surface area contributed by atoms with Crippen LogP contribution in [0, 0.1) is 0 Å². The first-order chi connectivity index (χ1) is 3.93. The van der Waals surface area contributed by atoms with Gasteiger partial charge in [0.2, 0.25) is 0 Å². The normalized spacial score (nSPS) is 17.4. The van der Waals surface area contributed by atoms with Gasteiger partial charge >= 0.3 is 0 Å². The molecule has 0 unspecified atom stereocenters. The van der Waals surface area contributed by atoms with Crippen molar-refractivity contribution in [3.63, 3.8) is 0 Å². The molecule has 4 heteroatoms. The Bertz CT molecular complexity index is 120. The Hall–Kier alpha value is -0.510. The molecule has 0 N–H and O–H groups in total. The average Bonchev–Trinajstić information content (AvgIpc) is 1.90. The Morgan fingerprint density at radius 1 is 1.62 bits per heavy atom. The first-order valence-electron chi connectivity index (χ1n) is 2.27. The number of hydrogen-bond acceptors (Lipinski definition) is 4. The summed E-state index contributed by atoms with van der Waals surface area (Å²) in [6.45, 7) is 0.678. The van der Waals surface area contributed by atoms with E-state index < -0.39 is 0 Å². The molecular formula is C4H7N3S. The molecule has 0 aromatic carbocycles. The Morgan fingerprint density at radius 2 is 2.50 bits per heavy atom. The van der Waals surface area contributed by atoms with Crippen molar-refractivity contribution in [2.75, 3.05) is 12.9 Å². The van der Waals surface area contributed by atoms with Crippen molar-refractivity contribution in [1.82, 2.24) is 4.41 Å². The summed E-state index contributed by atoms with van der Waals surface area (Å²) in [6, 6.07) is 0. The predicted molar refractivity (Wildman–Crippen MR) is 37.2 cm³/mol. The van der Waals surface area contributed by atoms with E-state index in [9.17, 15) is 0 Å². The number of aliphatic imine (C=N–C) groups is 1. The van der Waals surface area contributed by atoms with E-state index in [1.54, 1.807) is 28.8 Å². The molecule has 44 valence electrons. The topological polar surface area (TPSA) is 28.0 Å². The fourth-order valence-electron chi connectivity index (χ4n) is 0.410. The van der Waals surface area contributed by atoms with Crippen LogP contribution in [0.4, 0.5) is 0 Å². The van der Waals surface area contributed by atoms with Gasteiger partial charge in [-0.1, -0.05) is 0 Å². The molecule has 1 aliphatic heterocycles. The summed E-state index contributed by atoms with van der Waals surface area (Å²) in [5.74, 6) is 0. The van der Waals surface area contributed by atoms with Crippen LogP contribution in [0.3, 0.4) is 0 Å². The highest BCUT2D eigenvalue weighted by Gasteiger charge is 1.95. The molecule has 0 spiro atoms. The Kier molecular flexibility index (Phi) is 1.91. The van der Waals surface area contributed by atoms with Gasteiger partial charge in [-0.25, -0.2) is 4.41 Å². The molecule has 0 amide bonds. The van der Waals surface area contributed by atoms with E-state index in [0.717, 1.165) is 0 Å². The van der Waals surface area contributed by atoms with Gasteiger partial charge in [0.15, 0.2) is 0 Å². The zero-order chi connectivity index (χ0) is 5.82. The molecule has 0 saturated carbocycles. The second-order valence-electron chi connectivity index (χ2n) is 1.27. The summed E-state index contributed by atoms with van der Waals surface area (Å²) < 4.78 is 1.81. The maximum absolute atomic E-state index is 3.97. The highest BCUT2D eigenvalue weighted by molar-refractivity contribution is 7.96. The third kappa shape index (κ3) is 1.23. The highest BCUT2D eigenvalue weighted by Crippen LogP contribution is 2.05. The predicted octanol–water partition coefficient (Wildman–Crippen LogP) is 0.594. The fraction of sp³-hybridized carbons (Fsp3) is 0.500. The smallest absolute Gasteiger partial charge is 0.138 e. The van der Waals surface area contributed by atoms with Gasteiger partial charge in [-0.05, 0) is 11.9 Å². The molecule has 1 aliphatic rings. The first-order valence-corrected chi connectivity index (χ1v) is 3.45. The van der Waals surface area contributed by atoms with Gasteiger partial charge in [0.05, 0.1) is 6.21 Å². The number of hydrogen-bond donors (Lipinski definition) is 0. The van der Waals surface area contributed by atoms with E-state index in [-0.39, 0.29) is 0 Å². The summed E-state index contributed by atoms with van der Waals surface area (Å²) in [5.41, 5.74) is 0. The van der Waals surface area contributed by atoms with Crippen LogP contribution in [0.1, 0.15) is 0 Å². The Balaban J connectivity index is 2.40. The third-order valence-electron chi connectivity index (χ3n) is 0.781. The van der Waals surface area contributed by atoms with E-state index in [0.29, 0.717) is 6.67 Å². The summed E-state index contributed by atoms with van der Waals surface area (Å²) in [5, 5.41) is 3.97. The molecule has 0 radical (unpaired) electrons. The van der Waals surface area contributed by atoms with Gasteiger partial charge in [-0.2, -0.15) is 5.10 Å². The van der Waals surface area contributed by atoms with Crippen molar-refractivity contribution in [2.24, 2.45) is 10.1 Å². The largest absolute Gasteiger partial charge is 0.267 e. The van der Waals surface area contributed by atoms with Gasteiger partial charge in [-0.3, -0.25) is 4.99 Å². The highest BCUT2D eigenvalue weighted by atomic mass is 32.2. The summed E-state index contributed by atoms with van der Waals surface area (Å²) in [6.07, 6.45) is 5.35. The van der Waals surface area contributed by atoms with Gasteiger partial charge < -0.3 is 0 Å². The fourth-order valence-corrected chi connectivity index (χ4v) is 0.741. The van der Waals surface area contributed by atoms with Gasteiger partial charge in [0.1, 0.15) is 6.67 Å². The second kappa shape index (κ2) is 2.71. The maximum Gasteiger partial charge on any atom is 0.138 e. The minimum atomic E-state index is 0.678. The Labute approximate surface area is 52.6 Å². The molecule has 0 fully saturated rings. The van der Waals surface area contributed by atoms with Crippen LogP contribution in [0.15, 0.2) is 10.1 Å². The zero-order valence-electron chi connectivity index (χ0n) is 4.61. The molecule has 0 aromatic rings. The van der Waals surface area contributed by atoms with Crippen LogP contribution in [0.2, 0.25) is 0 Å². The van der Waals surface area contributed by atoms with Gasteiger partial charge in [-0.15, -0.1) is 0 Å².